The van der Waals surface area contributed by atoms with Crippen molar-refractivity contribution in [3.05, 3.63) is 58.1 Å². The average Bonchev–Trinajstić information content (AvgIpc) is 2.86. The number of fused-ring (bicyclic) bond motifs is 1. The molecule has 0 saturated carbocycles. The third-order valence-corrected chi connectivity index (χ3v) is 3.70. The topological polar surface area (TPSA) is 87.7 Å². The Labute approximate surface area is 129 Å². The molecule has 2 heterocycles. The average molecular weight is 320 g/mol. The van der Waals surface area contributed by atoms with Crippen molar-refractivity contribution in [3.8, 4) is 11.9 Å². The van der Waals surface area contributed by atoms with Gasteiger partial charge < -0.3 is 10.5 Å². The Morgan fingerprint density at radius 2 is 1.96 bits per heavy atom. The number of aromatic amines is 1. The summed E-state index contributed by atoms with van der Waals surface area (Å²) in [6.45, 7) is 1.74. The van der Waals surface area contributed by atoms with Crippen LogP contribution in [0.2, 0.25) is 0 Å². The number of allylic oxidation sites excluding steroid dienone is 1. The normalized spacial score (nSPS) is 17.4. The van der Waals surface area contributed by atoms with Crippen molar-refractivity contribution in [2.45, 2.75) is 19.0 Å². The van der Waals surface area contributed by atoms with Gasteiger partial charge >= 0.3 is 6.18 Å². The molecule has 3 rings (SSSR count). The third kappa shape index (κ3) is 2.40. The van der Waals surface area contributed by atoms with Crippen LogP contribution in [0.5, 0.6) is 5.88 Å². The van der Waals surface area contributed by atoms with E-state index in [2.05, 4.69) is 10.2 Å². The first-order valence-corrected chi connectivity index (χ1v) is 6.62. The van der Waals surface area contributed by atoms with E-state index in [9.17, 15) is 18.4 Å². The minimum Gasteiger partial charge on any atom is -0.420 e. The lowest BCUT2D eigenvalue weighted by Gasteiger charge is -2.23. The molecule has 8 heteroatoms. The van der Waals surface area contributed by atoms with E-state index in [1.807, 2.05) is 6.07 Å². The molecule has 5 nitrogen and oxygen atoms in total. The zero-order valence-corrected chi connectivity index (χ0v) is 11.9. The summed E-state index contributed by atoms with van der Waals surface area (Å²) in [6, 6.07) is 6.59. The first kappa shape index (κ1) is 15.0. The van der Waals surface area contributed by atoms with Gasteiger partial charge in [-0.1, -0.05) is 12.1 Å². The quantitative estimate of drug-likeness (QED) is 0.845. The van der Waals surface area contributed by atoms with Gasteiger partial charge in [0, 0.05) is 11.3 Å². The molecule has 23 heavy (non-hydrogen) atoms. The summed E-state index contributed by atoms with van der Waals surface area (Å²) >= 11 is 0. The van der Waals surface area contributed by atoms with Crippen molar-refractivity contribution in [1.29, 1.82) is 5.26 Å². The molecular formula is C15H11F3N4O. The molecule has 0 fully saturated rings. The van der Waals surface area contributed by atoms with Crippen molar-refractivity contribution < 1.29 is 17.9 Å². The Balaban J connectivity index is 2.13. The van der Waals surface area contributed by atoms with E-state index >= 15 is 0 Å². The SMILES string of the molecule is Cc1[nH]nc2c1C(c1ccc(C(F)(F)F)cc1)C(C#N)=C(N)O2. The highest BCUT2D eigenvalue weighted by molar-refractivity contribution is 5.55. The number of halogens is 3. The molecule has 3 N–H and O–H groups in total. The smallest absolute Gasteiger partial charge is 0.416 e. The second kappa shape index (κ2) is 5.05. The highest BCUT2D eigenvalue weighted by Gasteiger charge is 2.35. The van der Waals surface area contributed by atoms with Gasteiger partial charge in [-0.05, 0) is 24.6 Å². The number of aryl methyl sites for hydroxylation is 1. The Bertz CT molecular complexity index is 828. The van der Waals surface area contributed by atoms with E-state index in [1.54, 1.807) is 6.92 Å². The molecule has 1 unspecified atom stereocenters. The van der Waals surface area contributed by atoms with Crippen LogP contribution in [-0.4, -0.2) is 10.2 Å². The lowest BCUT2D eigenvalue weighted by Crippen LogP contribution is -2.21. The van der Waals surface area contributed by atoms with Crippen LogP contribution in [0.15, 0.2) is 35.7 Å². The highest BCUT2D eigenvalue weighted by atomic mass is 19.4. The maximum Gasteiger partial charge on any atom is 0.416 e. The van der Waals surface area contributed by atoms with Crippen molar-refractivity contribution in [2.75, 3.05) is 0 Å². The second-order valence-electron chi connectivity index (χ2n) is 5.11. The maximum absolute atomic E-state index is 12.7. The first-order valence-electron chi connectivity index (χ1n) is 6.62. The van der Waals surface area contributed by atoms with Crippen LogP contribution >= 0.6 is 0 Å². The third-order valence-electron chi connectivity index (χ3n) is 3.70. The van der Waals surface area contributed by atoms with Crippen LogP contribution in [0.4, 0.5) is 13.2 Å². The molecule has 118 valence electrons. The fourth-order valence-electron chi connectivity index (χ4n) is 2.60. The van der Waals surface area contributed by atoms with Gasteiger partial charge in [0.2, 0.25) is 11.8 Å². The number of rotatable bonds is 1. The van der Waals surface area contributed by atoms with Crippen molar-refractivity contribution >= 4 is 0 Å². The number of alkyl halides is 3. The monoisotopic (exact) mass is 320 g/mol. The van der Waals surface area contributed by atoms with Gasteiger partial charge in [-0.2, -0.15) is 18.4 Å². The van der Waals surface area contributed by atoms with E-state index in [0.29, 0.717) is 16.8 Å². The molecule has 0 bridgehead atoms. The van der Waals surface area contributed by atoms with Crippen LogP contribution < -0.4 is 10.5 Å². The van der Waals surface area contributed by atoms with Crippen LogP contribution in [0.25, 0.3) is 0 Å². The fourth-order valence-corrected chi connectivity index (χ4v) is 2.60. The molecule has 0 amide bonds. The predicted molar refractivity (Wildman–Crippen MR) is 74.1 cm³/mol. The molecule has 0 saturated heterocycles. The van der Waals surface area contributed by atoms with Crippen molar-refractivity contribution in [1.82, 2.24) is 10.2 Å². The number of hydrogen-bond acceptors (Lipinski definition) is 4. The Morgan fingerprint density at radius 1 is 1.30 bits per heavy atom. The zero-order chi connectivity index (χ0) is 16.8. The summed E-state index contributed by atoms with van der Waals surface area (Å²) in [5.74, 6) is -0.495. The predicted octanol–water partition coefficient (Wildman–Crippen LogP) is 2.96. The summed E-state index contributed by atoms with van der Waals surface area (Å²) in [5.41, 5.74) is 6.88. The lowest BCUT2D eigenvalue weighted by molar-refractivity contribution is -0.137. The largest absolute Gasteiger partial charge is 0.420 e. The molecule has 0 radical (unpaired) electrons. The molecule has 1 aromatic carbocycles. The van der Waals surface area contributed by atoms with Gasteiger partial charge in [0.15, 0.2) is 0 Å². The molecule has 0 aliphatic carbocycles. The number of nitrogens with zero attached hydrogens (tertiary/aromatic N) is 2. The molecule has 1 aliphatic heterocycles. The summed E-state index contributed by atoms with van der Waals surface area (Å²) in [5, 5.41) is 16.0. The number of aromatic nitrogens is 2. The molecule has 1 aliphatic rings. The van der Waals surface area contributed by atoms with Crippen LogP contribution in [0.1, 0.15) is 28.3 Å². The molecule has 1 atom stereocenters. The zero-order valence-electron chi connectivity index (χ0n) is 11.9. The fraction of sp³-hybridized carbons (Fsp3) is 0.200. The first-order chi connectivity index (χ1) is 10.8. The number of H-pyrrole nitrogens is 1. The van der Waals surface area contributed by atoms with Crippen LogP contribution in [-0.2, 0) is 6.18 Å². The molecule has 0 spiro atoms. The number of nitrogens with one attached hydrogen (secondary N) is 1. The number of nitrogens with two attached hydrogens (primary N) is 1. The molecule has 1 aromatic heterocycles. The van der Waals surface area contributed by atoms with E-state index in [4.69, 9.17) is 10.5 Å². The van der Waals surface area contributed by atoms with E-state index < -0.39 is 17.7 Å². The van der Waals surface area contributed by atoms with Gasteiger partial charge in [0.05, 0.1) is 11.5 Å². The van der Waals surface area contributed by atoms with Gasteiger partial charge in [-0.3, -0.25) is 5.10 Å². The summed E-state index contributed by atoms with van der Waals surface area (Å²) in [6.07, 6.45) is -4.42. The lowest BCUT2D eigenvalue weighted by atomic mass is 9.84. The summed E-state index contributed by atoms with van der Waals surface area (Å²) in [4.78, 5) is 0. The van der Waals surface area contributed by atoms with Gasteiger partial charge in [-0.15, -0.1) is 5.10 Å². The van der Waals surface area contributed by atoms with E-state index in [-0.39, 0.29) is 17.3 Å². The maximum atomic E-state index is 12.7. The summed E-state index contributed by atoms with van der Waals surface area (Å²) in [7, 11) is 0. The Morgan fingerprint density at radius 3 is 2.52 bits per heavy atom. The Kier molecular flexibility index (Phi) is 3.29. The van der Waals surface area contributed by atoms with E-state index in [0.717, 1.165) is 12.1 Å². The summed E-state index contributed by atoms with van der Waals surface area (Å²) < 4.78 is 43.4. The number of nitriles is 1. The van der Waals surface area contributed by atoms with Crippen LogP contribution in [0.3, 0.4) is 0 Å². The van der Waals surface area contributed by atoms with Crippen LogP contribution in [0, 0.1) is 18.3 Å². The minimum absolute atomic E-state index is 0.101. The molecule has 2 aromatic rings. The minimum atomic E-state index is -4.42. The number of ether oxygens (including phenoxy) is 1. The van der Waals surface area contributed by atoms with Gasteiger partial charge in [0.25, 0.3) is 0 Å². The van der Waals surface area contributed by atoms with Crippen molar-refractivity contribution in [2.24, 2.45) is 5.73 Å². The standard InChI is InChI=1S/C15H11F3N4O/c1-7-11-12(8-2-4-9(5-3-8)15(16,17)18)10(6-19)13(20)23-14(11)22-21-7/h2-5,12H,20H2,1H3,(H,21,22). The highest BCUT2D eigenvalue weighted by Crippen LogP contribution is 2.43. The Hall–Kier alpha value is -2.95. The van der Waals surface area contributed by atoms with E-state index in [1.165, 1.54) is 12.1 Å². The molecular weight excluding hydrogens is 309 g/mol. The van der Waals surface area contributed by atoms with Crippen molar-refractivity contribution in [3.63, 3.8) is 0 Å². The number of hydrogen-bond donors (Lipinski definition) is 2. The second-order valence-corrected chi connectivity index (χ2v) is 5.11. The number of benzene rings is 1. The van der Waals surface area contributed by atoms with Gasteiger partial charge in [-0.25, -0.2) is 0 Å². The van der Waals surface area contributed by atoms with Gasteiger partial charge in [0.1, 0.15) is 11.6 Å².